The fourth-order valence-electron chi connectivity index (χ4n) is 2.37. The second-order valence-corrected chi connectivity index (χ2v) is 5.23. The number of fused-ring (bicyclic) bond motifs is 1. The van der Waals surface area contributed by atoms with E-state index in [2.05, 4.69) is 15.1 Å². The van der Waals surface area contributed by atoms with Gasteiger partial charge in [0.1, 0.15) is 5.82 Å². The molecule has 1 aromatic carbocycles. The molecule has 0 aliphatic rings. The van der Waals surface area contributed by atoms with Gasteiger partial charge in [-0.15, -0.1) is 0 Å². The average Bonchev–Trinajstić information content (AvgIpc) is 2.89. The Labute approximate surface area is 135 Å². The number of rotatable bonds is 4. The molecule has 6 nitrogen and oxygen atoms in total. The van der Waals surface area contributed by atoms with E-state index in [1.807, 2.05) is 6.92 Å². The molecule has 1 N–H and O–H groups in total. The lowest BCUT2D eigenvalue weighted by Gasteiger charge is -2.04. The highest BCUT2D eigenvalue weighted by Gasteiger charge is 2.19. The van der Waals surface area contributed by atoms with E-state index >= 15 is 0 Å². The third kappa shape index (κ3) is 2.68. The maximum Gasteiger partial charge on any atom is 0.352 e. The second kappa shape index (κ2) is 6.00. The summed E-state index contributed by atoms with van der Waals surface area (Å²) < 4.78 is 20.2. The fourth-order valence-corrected chi connectivity index (χ4v) is 2.48. The minimum absolute atomic E-state index is 0.0316. The molecule has 0 spiro atoms. The molecule has 23 heavy (non-hydrogen) atoms. The predicted octanol–water partition coefficient (Wildman–Crippen LogP) is 2.84. The Kier molecular flexibility index (Phi) is 4.04. The lowest BCUT2D eigenvalue weighted by atomic mass is 10.0. The van der Waals surface area contributed by atoms with E-state index in [4.69, 9.17) is 16.3 Å². The van der Waals surface area contributed by atoms with Crippen molar-refractivity contribution in [2.45, 2.75) is 20.3 Å². The van der Waals surface area contributed by atoms with Gasteiger partial charge in [-0.2, -0.15) is 14.6 Å². The van der Waals surface area contributed by atoms with Gasteiger partial charge in [0.05, 0.1) is 22.9 Å². The highest BCUT2D eigenvalue weighted by Crippen LogP contribution is 2.30. The SMILES string of the molecule is CCOc1nc2c(-c3ccc(Cl)c(F)c3)c(CC)nn2c(=O)[nH]1. The first-order chi connectivity index (χ1) is 11.0. The van der Waals surface area contributed by atoms with Gasteiger partial charge in [-0.1, -0.05) is 24.6 Å². The van der Waals surface area contributed by atoms with Gasteiger partial charge in [0.2, 0.25) is 0 Å². The van der Waals surface area contributed by atoms with E-state index in [0.29, 0.717) is 35.5 Å². The maximum absolute atomic E-state index is 13.8. The van der Waals surface area contributed by atoms with Gasteiger partial charge in [0.15, 0.2) is 5.65 Å². The summed E-state index contributed by atoms with van der Waals surface area (Å²) in [6.45, 7) is 4.04. The molecule has 0 amide bonds. The number of halogens is 2. The Bertz CT molecular complexity index is 935. The van der Waals surface area contributed by atoms with Crippen LogP contribution in [0.2, 0.25) is 5.02 Å². The lowest BCUT2D eigenvalue weighted by Crippen LogP contribution is -2.19. The summed E-state index contributed by atoms with van der Waals surface area (Å²) in [7, 11) is 0. The lowest BCUT2D eigenvalue weighted by molar-refractivity contribution is 0.310. The normalized spacial score (nSPS) is 11.1. The Hall–Kier alpha value is -2.41. The summed E-state index contributed by atoms with van der Waals surface area (Å²) in [5.74, 6) is -0.541. The van der Waals surface area contributed by atoms with Gasteiger partial charge in [-0.05, 0) is 31.0 Å². The van der Waals surface area contributed by atoms with Crippen LogP contribution < -0.4 is 10.4 Å². The molecule has 8 heteroatoms. The van der Waals surface area contributed by atoms with Gasteiger partial charge in [0, 0.05) is 0 Å². The first-order valence-corrected chi connectivity index (χ1v) is 7.53. The number of nitrogens with one attached hydrogen (secondary N) is 1. The zero-order valence-electron chi connectivity index (χ0n) is 12.6. The number of ether oxygens (including phenoxy) is 1. The second-order valence-electron chi connectivity index (χ2n) is 4.82. The van der Waals surface area contributed by atoms with Crippen LogP contribution in [-0.4, -0.2) is 26.2 Å². The van der Waals surface area contributed by atoms with Crippen LogP contribution in [0.1, 0.15) is 19.5 Å². The van der Waals surface area contributed by atoms with Gasteiger partial charge >= 0.3 is 5.69 Å². The number of hydrogen-bond donors (Lipinski definition) is 1. The summed E-state index contributed by atoms with van der Waals surface area (Å²) in [6.07, 6.45) is 0.562. The molecule has 3 aromatic rings. The largest absolute Gasteiger partial charge is 0.465 e. The minimum atomic E-state index is -0.541. The van der Waals surface area contributed by atoms with Crippen LogP contribution >= 0.6 is 11.6 Å². The monoisotopic (exact) mass is 336 g/mol. The van der Waals surface area contributed by atoms with Crippen molar-refractivity contribution in [3.05, 3.63) is 45.2 Å². The van der Waals surface area contributed by atoms with Crippen LogP contribution in [0.4, 0.5) is 4.39 Å². The van der Waals surface area contributed by atoms with Crippen molar-refractivity contribution in [1.82, 2.24) is 19.6 Å². The Morgan fingerprint density at radius 2 is 2.17 bits per heavy atom. The number of aromatic nitrogens is 4. The molecule has 0 aliphatic heterocycles. The first-order valence-electron chi connectivity index (χ1n) is 7.15. The molecule has 0 unspecified atom stereocenters. The number of benzene rings is 1. The van der Waals surface area contributed by atoms with Crippen molar-refractivity contribution in [2.24, 2.45) is 0 Å². The molecule has 2 aromatic heterocycles. The summed E-state index contributed by atoms with van der Waals surface area (Å²) in [5.41, 5.74) is 1.64. The number of hydrogen-bond acceptors (Lipinski definition) is 4. The van der Waals surface area contributed by atoms with E-state index in [-0.39, 0.29) is 11.0 Å². The van der Waals surface area contributed by atoms with Gasteiger partial charge in [-0.25, -0.2) is 9.18 Å². The Balaban J connectivity index is 2.32. The molecule has 0 radical (unpaired) electrons. The number of aromatic amines is 1. The number of aryl methyl sites for hydroxylation is 1. The molecule has 120 valence electrons. The van der Waals surface area contributed by atoms with Crippen LogP contribution in [0.15, 0.2) is 23.0 Å². The van der Waals surface area contributed by atoms with Crippen molar-refractivity contribution in [3.8, 4) is 17.1 Å². The quantitative estimate of drug-likeness (QED) is 0.795. The smallest absolute Gasteiger partial charge is 0.352 e. The first kappa shape index (κ1) is 15.5. The zero-order chi connectivity index (χ0) is 16.6. The molecule has 0 saturated carbocycles. The van der Waals surface area contributed by atoms with E-state index in [0.717, 1.165) is 4.52 Å². The summed E-state index contributed by atoms with van der Waals surface area (Å²) in [6, 6.07) is 4.54. The summed E-state index contributed by atoms with van der Waals surface area (Å²) in [5, 5.41) is 4.29. The highest BCUT2D eigenvalue weighted by atomic mass is 35.5. The van der Waals surface area contributed by atoms with E-state index < -0.39 is 11.5 Å². The zero-order valence-corrected chi connectivity index (χ0v) is 13.3. The topological polar surface area (TPSA) is 72.3 Å². The molecule has 0 saturated heterocycles. The van der Waals surface area contributed by atoms with E-state index in [1.54, 1.807) is 13.0 Å². The third-order valence-corrected chi connectivity index (χ3v) is 3.68. The number of H-pyrrole nitrogens is 1. The van der Waals surface area contributed by atoms with E-state index in [9.17, 15) is 9.18 Å². The van der Waals surface area contributed by atoms with Crippen molar-refractivity contribution in [1.29, 1.82) is 0 Å². The number of nitrogens with zero attached hydrogens (tertiary/aromatic N) is 3. The summed E-state index contributed by atoms with van der Waals surface area (Å²) in [4.78, 5) is 18.9. The predicted molar refractivity (Wildman–Crippen MR) is 84.6 cm³/mol. The van der Waals surface area contributed by atoms with Crippen molar-refractivity contribution < 1.29 is 9.13 Å². The van der Waals surface area contributed by atoms with Crippen LogP contribution in [0.3, 0.4) is 0 Å². The fraction of sp³-hybridized carbons (Fsp3) is 0.267. The van der Waals surface area contributed by atoms with Gasteiger partial charge < -0.3 is 4.74 Å². The Morgan fingerprint density at radius 1 is 1.39 bits per heavy atom. The summed E-state index contributed by atoms with van der Waals surface area (Å²) >= 11 is 5.74. The van der Waals surface area contributed by atoms with Crippen molar-refractivity contribution in [2.75, 3.05) is 6.61 Å². The Morgan fingerprint density at radius 3 is 2.83 bits per heavy atom. The van der Waals surface area contributed by atoms with Crippen LogP contribution in [0.5, 0.6) is 6.01 Å². The van der Waals surface area contributed by atoms with Crippen molar-refractivity contribution >= 4 is 17.2 Å². The molecule has 0 aliphatic carbocycles. The van der Waals surface area contributed by atoms with Gasteiger partial charge in [-0.3, -0.25) is 4.98 Å². The standard InChI is InChI=1S/C15H14ClFN4O2/c1-3-11-12(8-5-6-9(16)10(17)7-8)13-18-14(23-4-2)19-15(22)21(13)20-11/h5-7H,3-4H2,1-2H3,(H,18,19,22). The minimum Gasteiger partial charge on any atom is -0.465 e. The van der Waals surface area contributed by atoms with Crippen LogP contribution in [0, 0.1) is 5.82 Å². The highest BCUT2D eigenvalue weighted by molar-refractivity contribution is 6.30. The molecule has 3 rings (SSSR count). The third-order valence-electron chi connectivity index (χ3n) is 3.37. The van der Waals surface area contributed by atoms with Crippen LogP contribution in [-0.2, 0) is 6.42 Å². The van der Waals surface area contributed by atoms with Crippen molar-refractivity contribution in [3.63, 3.8) is 0 Å². The molecule has 0 fully saturated rings. The average molecular weight is 337 g/mol. The van der Waals surface area contributed by atoms with E-state index in [1.165, 1.54) is 12.1 Å². The molecule has 2 heterocycles. The molecular weight excluding hydrogens is 323 g/mol. The van der Waals surface area contributed by atoms with Gasteiger partial charge in [0.25, 0.3) is 6.01 Å². The molecule has 0 atom stereocenters. The molecule has 0 bridgehead atoms. The van der Waals surface area contributed by atoms with Crippen LogP contribution in [0.25, 0.3) is 16.8 Å². The maximum atomic E-state index is 13.8. The molecular formula is C15H14ClFN4O2.